The van der Waals surface area contributed by atoms with Crippen LogP contribution in [-0.4, -0.2) is 61.1 Å². The third-order valence-corrected chi connectivity index (χ3v) is 4.26. The van der Waals surface area contributed by atoms with Crippen LogP contribution in [0.2, 0.25) is 0 Å². The van der Waals surface area contributed by atoms with E-state index in [0.29, 0.717) is 0 Å². The fraction of sp³-hybridized carbons (Fsp3) is 0.846. The molecule has 2 aliphatic rings. The quantitative estimate of drug-likeness (QED) is 0.713. The molecule has 0 aliphatic carbocycles. The van der Waals surface area contributed by atoms with E-state index in [-0.39, 0.29) is 29.8 Å². The van der Waals surface area contributed by atoms with Gasteiger partial charge in [0.2, 0.25) is 5.91 Å². The summed E-state index contributed by atoms with van der Waals surface area (Å²) in [6.07, 6.45) is 2.67. The van der Waals surface area contributed by atoms with Crippen molar-refractivity contribution in [1.82, 2.24) is 20.7 Å². The van der Waals surface area contributed by atoms with E-state index in [9.17, 15) is 9.59 Å². The van der Waals surface area contributed by atoms with Crippen molar-refractivity contribution in [3.05, 3.63) is 0 Å². The molecular formula is C13H24N4O2. The second-order valence-electron chi connectivity index (χ2n) is 5.44. The third kappa shape index (κ3) is 2.60. The van der Waals surface area contributed by atoms with Gasteiger partial charge in [-0.05, 0) is 32.2 Å². The maximum atomic E-state index is 12.7. The summed E-state index contributed by atoms with van der Waals surface area (Å²) < 4.78 is 0. The van der Waals surface area contributed by atoms with Gasteiger partial charge in [0.05, 0.1) is 6.04 Å². The molecule has 2 N–H and O–H groups in total. The second-order valence-corrected chi connectivity index (χ2v) is 5.44. The van der Waals surface area contributed by atoms with Crippen LogP contribution >= 0.6 is 0 Å². The van der Waals surface area contributed by atoms with Crippen molar-refractivity contribution in [2.24, 2.45) is 5.92 Å². The zero-order chi connectivity index (χ0) is 14.0. The number of amides is 2. The smallest absolute Gasteiger partial charge is 0.255 e. The number of fused-ring (bicyclic) bond motifs is 1. The van der Waals surface area contributed by atoms with Crippen LogP contribution in [0.5, 0.6) is 0 Å². The molecule has 0 spiro atoms. The monoisotopic (exact) mass is 268 g/mol. The van der Waals surface area contributed by atoms with Gasteiger partial charge in [-0.2, -0.15) is 0 Å². The molecule has 3 atom stereocenters. The summed E-state index contributed by atoms with van der Waals surface area (Å²) in [6, 6.07) is -0.553. The molecular weight excluding hydrogens is 244 g/mol. The molecule has 19 heavy (non-hydrogen) atoms. The number of hydrogen-bond acceptors (Lipinski definition) is 4. The Balaban J connectivity index is 2.28. The molecule has 2 aliphatic heterocycles. The zero-order valence-corrected chi connectivity index (χ0v) is 12.0. The Kier molecular flexibility index (Phi) is 4.42. The number of rotatable bonds is 2. The Morgan fingerprint density at radius 3 is 2.63 bits per heavy atom. The van der Waals surface area contributed by atoms with Crippen LogP contribution in [0.4, 0.5) is 0 Å². The summed E-state index contributed by atoms with van der Waals surface area (Å²) in [5.41, 5.74) is 0. The minimum Gasteiger partial charge on any atom is -0.357 e. The van der Waals surface area contributed by atoms with Crippen molar-refractivity contribution < 1.29 is 9.59 Å². The lowest BCUT2D eigenvalue weighted by Gasteiger charge is -2.43. The first-order chi connectivity index (χ1) is 9.10. The largest absolute Gasteiger partial charge is 0.357 e. The van der Waals surface area contributed by atoms with Gasteiger partial charge in [-0.1, -0.05) is 6.92 Å². The third-order valence-electron chi connectivity index (χ3n) is 4.26. The molecule has 2 heterocycles. The van der Waals surface area contributed by atoms with Crippen molar-refractivity contribution in [1.29, 1.82) is 0 Å². The molecule has 108 valence electrons. The number of hydrogen-bond donors (Lipinski definition) is 2. The van der Waals surface area contributed by atoms with E-state index in [0.717, 1.165) is 32.4 Å². The first-order valence-corrected chi connectivity index (χ1v) is 7.07. The molecule has 0 aromatic heterocycles. The number of carbonyl (C=O) groups is 2. The van der Waals surface area contributed by atoms with Crippen LogP contribution in [0.1, 0.15) is 26.2 Å². The van der Waals surface area contributed by atoms with Crippen molar-refractivity contribution in [2.45, 2.75) is 38.3 Å². The fourth-order valence-corrected chi connectivity index (χ4v) is 3.13. The van der Waals surface area contributed by atoms with Gasteiger partial charge < -0.3 is 10.6 Å². The van der Waals surface area contributed by atoms with Crippen molar-refractivity contribution >= 4 is 11.8 Å². The van der Waals surface area contributed by atoms with Crippen molar-refractivity contribution in [3.63, 3.8) is 0 Å². The van der Waals surface area contributed by atoms with E-state index in [4.69, 9.17) is 0 Å². The number of hydrazine groups is 1. The van der Waals surface area contributed by atoms with Gasteiger partial charge in [0.15, 0.2) is 0 Å². The molecule has 2 fully saturated rings. The summed E-state index contributed by atoms with van der Waals surface area (Å²) >= 11 is 0. The maximum Gasteiger partial charge on any atom is 0.255 e. The molecule has 2 rings (SSSR count). The molecule has 0 aromatic carbocycles. The number of nitrogens with one attached hydrogen (secondary N) is 2. The average Bonchev–Trinajstić information content (AvgIpc) is 2.55. The van der Waals surface area contributed by atoms with E-state index >= 15 is 0 Å². The standard InChI is InChI=1S/C13H24N4O2/c1-9-6-8-16-7-4-5-10(12(18)15-3)17(16)13(19)11(9)14-2/h9-11,14H,4-8H2,1-3H3,(H,15,18). The van der Waals surface area contributed by atoms with Gasteiger partial charge in [-0.25, -0.2) is 5.01 Å². The lowest BCUT2D eigenvalue weighted by molar-refractivity contribution is -0.167. The molecule has 6 heteroatoms. The van der Waals surface area contributed by atoms with E-state index < -0.39 is 0 Å². The number of nitrogens with zero attached hydrogens (tertiary/aromatic N) is 2. The normalized spacial score (nSPS) is 32.7. The second kappa shape index (κ2) is 5.88. The van der Waals surface area contributed by atoms with Crippen LogP contribution < -0.4 is 10.6 Å². The Bertz CT molecular complexity index is 361. The molecule has 3 unspecified atom stereocenters. The fourth-order valence-electron chi connectivity index (χ4n) is 3.13. The van der Waals surface area contributed by atoms with Crippen LogP contribution in [0.15, 0.2) is 0 Å². The Morgan fingerprint density at radius 2 is 2.00 bits per heavy atom. The Morgan fingerprint density at radius 1 is 1.26 bits per heavy atom. The van der Waals surface area contributed by atoms with Gasteiger partial charge in [0.25, 0.3) is 5.91 Å². The zero-order valence-electron chi connectivity index (χ0n) is 12.0. The number of carbonyl (C=O) groups excluding carboxylic acids is 2. The van der Waals surface area contributed by atoms with Crippen LogP contribution in [0.3, 0.4) is 0 Å². The first kappa shape index (κ1) is 14.3. The van der Waals surface area contributed by atoms with Crippen molar-refractivity contribution in [2.75, 3.05) is 27.2 Å². The maximum absolute atomic E-state index is 12.7. The van der Waals surface area contributed by atoms with Crippen LogP contribution in [0.25, 0.3) is 0 Å². The summed E-state index contributed by atoms with van der Waals surface area (Å²) in [7, 11) is 3.44. The molecule has 0 bridgehead atoms. The lowest BCUT2D eigenvalue weighted by atomic mass is 9.98. The highest BCUT2D eigenvalue weighted by molar-refractivity contribution is 5.89. The first-order valence-electron chi connectivity index (χ1n) is 7.07. The molecule has 0 radical (unpaired) electrons. The minimum absolute atomic E-state index is 0.0285. The highest BCUT2D eigenvalue weighted by atomic mass is 16.2. The highest BCUT2D eigenvalue weighted by Crippen LogP contribution is 2.26. The van der Waals surface area contributed by atoms with E-state index in [1.54, 1.807) is 12.1 Å². The summed E-state index contributed by atoms with van der Waals surface area (Å²) in [5.74, 6) is 0.247. The summed E-state index contributed by atoms with van der Waals surface area (Å²) in [5, 5.41) is 9.53. The van der Waals surface area contributed by atoms with E-state index in [2.05, 4.69) is 22.6 Å². The van der Waals surface area contributed by atoms with E-state index in [1.807, 2.05) is 7.05 Å². The van der Waals surface area contributed by atoms with Gasteiger partial charge in [0.1, 0.15) is 6.04 Å². The molecule has 6 nitrogen and oxygen atoms in total. The molecule has 0 saturated carbocycles. The summed E-state index contributed by atoms with van der Waals surface area (Å²) in [4.78, 5) is 24.7. The van der Waals surface area contributed by atoms with Gasteiger partial charge in [-0.3, -0.25) is 14.6 Å². The highest BCUT2D eigenvalue weighted by Gasteiger charge is 2.42. The average molecular weight is 268 g/mol. The predicted octanol–water partition coefficient (Wildman–Crippen LogP) is -0.432. The Labute approximate surface area is 114 Å². The molecule has 2 saturated heterocycles. The topological polar surface area (TPSA) is 64.7 Å². The predicted molar refractivity (Wildman–Crippen MR) is 72.1 cm³/mol. The number of likely N-dealkylation sites (N-methyl/N-ethyl adjacent to an activating group) is 2. The SMILES string of the molecule is CNC(=O)C1CCCN2CCC(C)C(NC)C(=O)N12. The van der Waals surface area contributed by atoms with E-state index in [1.165, 1.54) is 0 Å². The van der Waals surface area contributed by atoms with Crippen molar-refractivity contribution in [3.8, 4) is 0 Å². The summed E-state index contributed by atoms with van der Waals surface area (Å²) in [6.45, 7) is 3.80. The Hall–Kier alpha value is -1.14. The van der Waals surface area contributed by atoms with Crippen LogP contribution in [-0.2, 0) is 9.59 Å². The molecule has 2 amide bonds. The van der Waals surface area contributed by atoms with Crippen LogP contribution in [0, 0.1) is 5.92 Å². The minimum atomic E-state index is -0.354. The molecule has 0 aromatic rings. The lowest BCUT2D eigenvalue weighted by Crippen LogP contribution is -2.62. The van der Waals surface area contributed by atoms with Gasteiger partial charge in [-0.15, -0.1) is 0 Å². The van der Waals surface area contributed by atoms with Gasteiger partial charge >= 0.3 is 0 Å². The van der Waals surface area contributed by atoms with Gasteiger partial charge in [0, 0.05) is 20.1 Å².